The summed E-state index contributed by atoms with van der Waals surface area (Å²) >= 11 is 0. The van der Waals surface area contributed by atoms with Gasteiger partial charge in [0, 0.05) is 24.6 Å². The van der Waals surface area contributed by atoms with Gasteiger partial charge in [-0.2, -0.15) is 5.10 Å². The number of nitro groups is 1. The van der Waals surface area contributed by atoms with E-state index < -0.39 is 10.8 Å². The first-order valence-electron chi connectivity index (χ1n) is 7.46. The molecule has 2 aromatic rings. The molecule has 0 unspecified atom stereocenters. The SMILES string of the molecule is O=C(CCC(=O)Nc1ccccc1)NN=Cc1ccccc1[N+](=O)[O-]. The fourth-order valence-electron chi connectivity index (χ4n) is 1.96. The minimum atomic E-state index is -0.531. The summed E-state index contributed by atoms with van der Waals surface area (Å²) in [4.78, 5) is 33.7. The molecule has 25 heavy (non-hydrogen) atoms. The number of carbonyl (C=O) groups excluding carboxylic acids is 2. The van der Waals surface area contributed by atoms with Gasteiger partial charge in [0.25, 0.3) is 5.69 Å². The molecule has 0 spiro atoms. The summed E-state index contributed by atoms with van der Waals surface area (Å²) in [6, 6.07) is 14.9. The van der Waals surface area contributed by atoms with Crippen LogP contribution in [0.4, 0.5) is 11.4 Å². The van der Waals surface area contributed by atoms with Crippen molar-refractivity contribution in [3.63, 3.8) is 0 Å². The van der Waals surface area contributed by atoms with Gasteiger partial charge < -0.3 is 5.32 Å². The first-order valence-corrected chi connectivity index (χ1v) is 7.46. The number of para-hydroxylation sites is 2. The van der Waals surface area contributed by atoms with Crippen LogP contribution in [0.3, 0.4) is 0 Å². The lowest BCUT2D eigenvalue weighted by Crippen LogP contribution is -2.20. The molecule has 2 aromatic carbocycles. The predicted molar refractivity (Wildman–Crippen MR) is 93.1 cm³/mol. The van der Waals surface area contributed by atoms with E-state index in [1.807, 2.05) is 6.07 Å². The quantitative estimate of drug-likeness (QED) is 0.458. The van der Waals surface area contributed by atoms with Crippen molar-refractivity contribution in [3.8, 4) is 0 Å². The van der Waals surface area contributed by atoms with Crippen LogP contribution in [0.1, 0.15) is 18.4 Å². The fourth-order valence-corrected chi connectivity index (χ4v) is 1.96. The number of anilines is 1. The third-order valence-corrected chi connectivity index (χ3v) is 3.16. The zero-order valence-corrected chi connectivity index (χ0v) is 13.2. The molecule has 0 fully saturated rings. The Bertz CT molecular complexity index is 790. The molecule has 0 radical (unpaired) electrons. The lowest BCUT2D eigenvalue weighted by Gasteiger charge is -2.04. The van der Waals surface area contributed by atoms with Crippen molar-refractivity contribution >= 4 is 29.4 Å². The highest BCUT2D eigenvalue weighted by Crippen LogP contribution is 2.15. The zero-order chi connectivity index (χ0) is 18.1. The number of carbonyl (C=O) groups is 2. The van der Waals surface area contributed by atoms with E-state index in [9.17, 15) is 19.7 Å². The largest absolute Gasteiger partial charge is 0.326 e. The van der Waals surface area contributed by atoms with Crippen LogP contribution in [0.25, 0.3) is 0 Å². The van der Waals surface area contributed by atoms with Crippen molar-refractivity contribution in [2.24, 2.45) is 5.10 Å². The van der Waals surface area contributed by atoms with Gasteiger partial charge in [0.2, 0.25) is 11.8 Å². The van der Waals surface area contributed by atoms with Crippen LogP contribution in [-0.4, -0.2) is 23.0 Å². The van der Waals surface area contributed by atoms with Gasteiger partial charge >= 0.3 is 0 Å². The second kappa shape index (κ2) is 8.92. The summed E-state index contributed by atoms with van der Waals surface area (Å²) in [5.41, 5.74) is 3.06. The van der Waals surface area contributed by atoms with Crippen LogP contribution in [0, 0.1) is 10.1 Å². The smallest absolute Gasteiger partial charge is 0.278 e. The summed E-state index contributed by atoms with van der Waals surface area (Å²) in [5.74, 6) is -0.748. The minimum Gasteiger partial charge on any atom is -0.326 e. The van der Waals surface area contributed by atoms with E-state index in [1.54, 1.807) is 36.4 Å². The maximum Gasteiger partial charge on any atom is 0.278 e. The third kappa shape index (κ3) is 5.87. The molecule has 8 heteroatoms. The summed E-state index contributed by atoms with van der Waals surface area (Å²) in [5, 5.41) is 17.2. The Kier molecular flexibility index (Phi) is 6.35. The second-order valence-electron chi connectivity index (χ2n) is 5.02. The molecule has 128 valence electrons. The summed E-state index contributed by atoms with van der Waals surface area (Å²) < 4.78 is 0. The Morgan fingerprint density at radius 2 is 1.64 bits per heavy atom. The first-order chi connectivity index (χ1) is 12.1. The molecule has 2 rings (SSSR count). The molecule has 0 saturated heterocycles. The zero-order valence-electron chi connectivity index (χ0n) is 13.2. The molecule has 0 saturated carbocycles. The van der Waals surface area contributed by atoms with Gasteiger partial charge in [-0.3, -0.25) is 19.7 Å². The fraction of sp³-hybridized carbons (Fsp3) is 0.118. The van der Waals surface area contributed by atoms with Gasteiger partial charge in [-0.15, -0.1) is 0 Å². The maximum atomic E-state index is 11.7. The third-order valence-electron chi connectivity index (χ3n) is 3.16. The molecule has 8 nitrogen and oxygen atoms in total. The van der Waals surface area contributed by atoms with Crippen LogP contribution >= 0.6 is 0 Å². The van der Waals surface area contributed by atoms with Gasteiger partial charge in [-0.25, -0.2) is 5.43 Å². The van der Waals surface area contributed by atoms with Crippen molar-refractivity contribution in [1.29, 1.82) is 0 Å². The number of hydrogen-bond acceptors (Lipinski definition) is 5. The van der Waals surface area contributed by atoms with Crippen LogP contribution < -0.4 is 10.7 Å². The summed E-state index contributed by atoms with van der Waals surface area (Å²) in [6.07, 6.45) is 1.15. The number of rotatable bonds is 7. The molecule has 0 aliphatic heterocycles. The topological polar surface area (TPSA) is 114 Å². The lowest BCUT2D eigenvalue weighted by molar-refractivity contribution is -0.385. The van der Waals surface area contributed by atoms with E-state index in [4.69, 9.17) is 0 Å². The van der Waals surface area contributed by atoms with E-state index in [2.05, 4.69) is 15.8 Å². The highest BCUT2D eigenvalue weighted by molar-refractivity contribution is 5.93. The van der Waals surface area contributed by atoms with Crippen LogP contribution in [0.2, 0.25) is 0 Å². The normalized spacial score (nSPS) is 10.4. The molecule has 0 atom stereocenters. The van der Waals surface area contributed by atoms with E-state index in [0.717, 1.165) is 0 Å². The standard InChI is InChI=1S/C17H16N4O4/c22-16(19-14-7-2-1-3-8-14)10-11-17(23)20-18-12-13-6-4-5-9-15(13)21(24)25/h1-9,12H,10-11H2,(H,19,22)(H,20,23). The molecular formula is C17H16N4O4. The van der Waals surface area contributed by atoms with E-state index in [1.165, 1.54) is 18.3 Å². The Labute approximate surface area is 143 Å². The number of nitrogens with zero attached hydrogens (tertiary/aromatic N) is 2. The number of amides is 2. The molecule has 0 aliphatic rings. The van der Waals surface area contributed by atoms with E-state index in [-0.39, 0.29) is 30.0 Å². The number of benzene rings is 2. The highest BCUT2D eigenvalue weighted by Gasteiger charge is 2.10. The minimum absolute atomic E-state index is 0.00172. The Balaban J connectivity index is 1.79. The Morgan fingerprint density at radius 3 is 2.36 bits per heavy atom. The van der Waals surface area contributed by atoms with Crippen molar-refractivity contribution in [2.75, 3.05) is 5.32 Å². The van der Waals surface area contributed by atoms with Crippen LogP contribution in [-0.2, 0) is 9.59 Å². The van der Waals surface area contributed by atoms with E-state index in [0.29, 0.717) is 5.69 Å². The number of hydrogen-bond donors (Lipinski definition) is 2. The molecule has 2 N–H and O–H groups in total. The van der Waals surface area contributed by atoms with E-state index >= 15 is 0 Å². The predicted octanol–water partition coefficient (Wildman–Crippen LogP) is 2.46. The lowest BCUT2D eigenvalue weighted by atomic mass is 10.2. The molecule has 0 bridgehead atoms. The molecule has 0 aromatic heterocycles. The van der Waals surface area contributed by atoms with Crippen molar-refractivity contribution in [1.82, 2.24) is 5.43 Å². The highest BCUT2D eigenvalue weighted by atomic mass is 16.6. The van der Waals surface area contributed by atoms with Gasteiger partial charge in [-0.1, -0.05) is 30.3 Å². The average molecular weight is 340 g/mol. The molecule has 2 amide bonds. The molecule has 0 heterocycles. The van der Waals surface area contributed by atoms with Crippen LogP contribution in [0.5, 0.6) is 0 Å². The Morgan fingerprint density at radius 1 is 1.00 bits per heavy atom. The van der Waals surface area contributed by atoms with Crippen LogP contribution in [0.15, 0.2) is 59.7 Å². The molecular weight excluding hydrogens is 324 g/mol. The number of nitrogens with one attached hydrogen (secondary N) is 2. The number of hydrazone groups is 1. The van der Waals surface area contributed by atoms with Crippen molar-refractivity contribution in [2.45, 2.75) is 12.8 Å². The van der Waals surface area contributed by atoms with Crippen molar-refractivity contribution < 1.29 is 14.5 Å². The van der Waals surface area contributed by atoms with Crippen molar-refractivity contribution in [3.05, 3.63) is 70.3 Å². The van der Waals surface area contributed by atoms with Gasteiger partial charge in [-0.05, 0) is 18.2 Å². The van der Waals surface area contributed by atoms with Gasteiger partial charge in [0.05, 0.1) is 16.7 Å². The van der Waals surface area contributed by atoms with Gasteiger partial charge in [0.15, 0.2) is 0 Å². The Hall–Kier alpha value is -3.55. The summed E-state index contributed by atoms with van der Waals surface area (Å²) in [6.45, 7) is 0. The van der Waals surface area contributed by atoms with Gasteiger partial charge in [0.1, 0.15) is 0 Å². The maximum absolute atomic E-state index is 11.7. The number of nitro benzene ring substituents is 1. The second-order valence-corrected chi connectivity index (χ2v) is 5.02. The average Bonchev–Trinajstić information content (AvgIpc) is 2.61. The first kappa shape index (κ1) is 17.8. The molecule has 0 aliphatic carbocycles. The summed E-state index contributed by atoms with van der Waals surface area (Å²) in [7, 11) is 0. The monoisotopic (exact) mass is 340 g/mol.